The molecular weight excluding hydrogens is 260 g/mol. The van der Waals surface area contributed by atoms with Crippen molar-refractivity contribution in [3.63, 3.8) is 0 Å². The number of hydrogen-bond donors (Lipinski definition) is 1. The van der Waals surface area contributed by atoms with Gasteiger partial charge < -0.3 is 5.32 Å². The SMILES string of the molecule is CNC(c1cncc(C)c1)c1cc2sccc2s1. The summed E-state index contributed by atoms with van der Waals surface area (Å²) in [6, 6.07) is 6.91. The van der Waals surface area contributed by atoms with Crippen molar-refractivity contribution >= 4 is 32.1 Å². The summed E-state index contributed by atoms with van der Waals surface area (Å²) >= 11 is 3.66. The molecule has 0 spiro atoms. The lowest BCUT2D eigenvalue weighted by atomic mass is 10.1. The molecule has 3 rings (SSSR count). The van der Waals surface area contributed by atoms with Crippen LogP contribution < -0.4 is 5.32 Å². The first kappa shape index (κ1) is 11.8. The zero-order valence-electron chi connectivity index (χ0n) is 10.3. The summed E-state index contributed by atoms with van der Waals surface area (Å²) in [5.74, 6) is 0. The van der Waals surface area contributed by atoms with Crippen molar-refractivity contribution in [2.45, 2.75) is 13.0 Å². The summed E-state index contributed by atoms with van der Waals surface area (Å²) in [6.07, 6.45) is 3.84. The fraction of sp³-hybridized carbons (Fsp3) is 0.214. The van der Waals surface area contributed by atoms with Crippen LogP contribution in [-0.4, -0.2) is 12.0 Å². The molecule has 3 aromatic heterocycles. The average Bonchev–Trinajstić information content (AvgIpc) is 2.91. The molecule has 0 saturated carbocycles. The topological polar surface area (TPSA) is 24.9 Å². The van der Waals surface area contributed by atoms with E-state index in [1.165, 1.54) is 25.4 Å². The van der Waals surface area contributed by atoms with Crippen LogP contribution in [0.2, 0.25) is 0 Å². The molecule has 0 radical (unpaired) electrons. The quantitative estimate of drug-likeness (QED) is 0.781. The molecule has 1 unspecified atom stereocenters. The monoisotopic (exact) mass is 274 g/mol. The van der Waals surface area contributed by atoms with E-state index in [0.717, 1.165) is 0 Å². The van der Waals surface area contributed by atoms with E-state index in [0.29, 0.717) is 0 Å². The molecule has 3 aromatic rings. The molecule has 3 heterocycles. The van der Waals surface area contributed by atoms with Crippen LogP contribution in [0.5, 0.6) is 0 Å². The standard InChI is InChI=1S/C14H14N2S2/c1-9-5-10(8-16-7-9)14(15-2)13-6-12-11(18-13)3-4-17-12/h3-8,14-15H,1-2H3. The number of hydrogen-bond acceptors (Lipinski definition) is 4. The number of nitrogens with zero attached hydrogens (tertiary/aromatic N) is 1. The van der Waals surface area contributed by atoms with Gasteiger partial charge in [0.2, 0.25) is 0 Å². The van der Waals surface area contributed by atoms with Gasteiger partial charge in [0.25, 0.3) is 0 Å². The zero-order valence-corrected chi connectivity index (χ0v) is 11.9. The van der Waals surface area contributed by atoms with Crippen LogP contribution in [0, 0.1) is 6.92 Å². The summed E-state index contributed by atoms with van der Waals surface area (Å²) < 4.78 is 2.74. The van der Waals surface area contributed by atoms with Crippen LogP contribution in [0.1, 0.15) is 22.0 Å². The first-order valence-electron chi connectivity index (χ1n) is 5.83. The number of fused-ring (bicyclic) bond motifs is 1. The highest BCUT2D eigenvalue weighted by Crippen LogP contribution is 2.35. The van der Waals surface area contributed by atoms with Gasteiger partial charge in [0.15, 0.2) is 0 Å². The van der Waals surface area contributed by atoms with Crippen molar-refractivity contribution in [1.29, 1.82) is 0 Å². The highest BCUT2D eigenvalue weighted by Gasteiger charge is 2.15. The van der Waals surface area contributed by atoms with Gasteiger partial charge in [-0.05, 0) is 42.6 Å². The van der Waals surface area contributed by atoms with Gasteiger partial charge in [-0.25, -0.2) is 0 Å². The van der Waals surface area contributed by atoms with E-state index in [1.807, 2.05) is 30.8 Å². The van der Waals surface area contributed by atoms with E-state index in [2.05, 4.69) is 40.8 Å². The number of nitrogens with one attached hydrogen (secondary N) is 1. The average molecular weight is 274 g/mol. The van der Waals surface area contributed by atoms with E-state index in [9.17, 15) is 0 Å². The normalized spacial score (nSPS) is 13.0. The Kier molecular flexibility index (Phi) is 3.16. The molecule has 0 amide bonds. The second kappa shape index (κ2) is 4.80. The predicted octanol–water partition coefficient (Wildman–Crippen LogP) is 3.98. The van der Waals surface area contributed by atoms with Crippen molar-refractivity contribution < 1.29 is 0 Å². The molecule has 0 aromatic carbocycles. The van der Waals surface area contributed by atoms with Crippen molar-refractivity contribution in [2.24, 2.45) is 0 Å². The summed E-state index contributed by atoms with van der Waals surface area (Å²) in [6.45, 7) is 2.08. The van der Waals surface area contributed by atoms with Gasteiger partial charge in [-0.2, -0.15) is 0 Å². The van der Waals surface area contributed by atoms with Gasteiger partial charge in [-0.1, -0.05) is 6.07 Å². The molecule has 0 bridgehead atoms. The molecule has 92 valence electrons. The molecule has 18 heavy (non-hydrogen) atoms. The van der Waals surface area contributed by atoms with Gasteiger partial charge in [0.1, 0.15) is 0 Å². The molecule has 0 aliphatic carbocycles. The van der Waals surface area contributed by atoms with Gasteiger partial charge >= 0.3 is 0 Å². The van der Waals surface area contributed by atoms with Gasteiger partial charge in [-0.15, -0.1) is 22.7 Å². The van der Waals surface area contributed by atoms with Gasteiger partial charge in [0.05, 0.1) is 6.04 Å². The van der Waals surface area contributed by atoms with E-state index < -0.39 is 0 Å². The Hall–Kier alpha value is -1.23. The summed E-state index contributed by atoms with van der Waals surface area (Å²) in [5, 5.41) is 5.53. The predicted molar refractivity (Wildman–Crippen MR) is 79.6 cm³/mol. The summed E-state index contributed by atoms with van der Waals surface area (Å²) in [4.78, 5) is 5.64. The molecule has 0 aliphatic heterocycles. The molecule has 1 atom stereocenters. The largest absolute Gasteiger partial charge is 0.309 e. The van der Waals surface area contributed by atoms with E-state index in [4.69, 9.17) is 0 Å². The lowest BCUT2D eigenvalue weighted by molar-refractivity contribution is 0.700. The Morgan fingerprint density at radius 1 is 1.22 bits per heavy atom. The Balaban J connectivity index is 2.04. The van der Waals surface area contributed by atoms with Crippen LogP contribution >= 0.6 is 22.7 Å². The van der Waals surface area contributed by atoms with Gasteiger partial charge in [0, 0.05) is 26.7 Å². The van der Waals surface area contributed by atoms with Crippen LogP contribution in [-0.2, 0) is 0 Å². The highest BCUT2D eigenvalue weighted by atomic mass is 32.1. The molecule has 0 saturated heterocycles. The fourth-order valence-electron chi connectivity index (χ4n) is 2.14. The maximum Gasteiger partial charge on any atom is 0.0684 e. The van der Waals surface area contributed by atoms with E-state index in [1.54, 1.807) is 11.3 Å². The van der Waals surface area contributed by atoms with Crippen LogP contribution in [0.4, 0.5) is 0 Å². The third-order valence-corrected chi connectivity index (χ3v) is 5.12. The number of pyridine rings is 1. The van der Waals surface area contributed by atoms with Crippen molar-refractivity contribution in [2.75, 3.05) is 7.05 Å². The lowest BCUT2D eigenvalue weighted by Crippen LogP contribution is -2.16. The maximum atomic E-state index is 4.29. The Labute approximate surface area is 114 Å². The molecule has 0 aliphatic rings. The maximum absolute atomic E-state index is 4.29. The highest BCUT2D eigenvalue weighted by molar-refractivity contribution is 7.27. The fourth-order valence-corrected chi connectivity index (χ4v) is 4.39. The summed E-state index contributed by atoms with van der Waals surface area (Å²) in [5.41, 5.74) is 2.43. The minimum Gasteiger partial charge on any atom is -0.309 e. The first-order chi connectivity index (χ1) is 8.78. The number of rotatable bonds is 3. The molecule has 2 nitrogen and oxygen atoms in total. The van der Waals surface area contributed by atoms with E-state index in [-0.39, 0.29) is 6.04 Å². The Morgan fingerprint density at radius 3 is 2.83 bits per heavy atom. The van der Waals surface area contributed by atoms with Crippen LogP contribution in [0.3, 0.4) is 0 Å². The second-order valence-corrected chi connectivity index (χ2v) is 6.38. The van der Waals surface area contributed by atoms with Crippen molar-refractivity contribution in [3.05, 3.63) is 52.0 Å². The lowest BCUT2D eigenvalue weighted by Gasteiger charge is -2.14. The summed E-state index contributed by atoms with van der Waals surface area (Å²) in [7, 11) is 2.00. The van der Waals surface area contributed by atoms with Crippen molar-refractivity contribution in [3.8, 4) is 0 Å². The number of thiophene rings is 2. The van der Waals surface area contributed by atoms with Crippen LogP contribution in [0.15, 0.2) is 36.0 Å². The molecular formula is C14H14N2S2. The Bertz CT molecular complexity index is 641. The molecule has 1 N–H and O–H groups in total. The second-order valence-electron chi connectivity index (χ2n) is 4.32. The third kappa shape index (κ3) is 2.07. The molecule has 4 heteroatoms. The molecule has 0 fully saturated rings. The number of aryl methyl sites for hydroxylation is 1. The van der Waals surface area contributed by atoms with Gasteiger partial charge in [-0.3, -0.25) is 4.98 Å². The smallest absolute Gasteiger partial charge is 0.0684 e. The minimum atomic E-state index is 0.238. The zero-order chi connectivity index (χ0) is 12.5. The minimum absolute atomic E-state index is 0.238. The Morgan fingerprint density at radius 2 is 2.11 bits per heavy atom. The first-order valence-corrected chi connectivity index (χ1v) is 7.53. The third-order valence-electron chi connectivity index (χ3n) is 2.96. The van der Waals surface area contributed by atoms with E-state index >= 15 is 0 Å². The van der Waals surface area contributed by atoms with Crippen molar-refractivity contribution in [1.82, 2.24) is 10.3 Å². The van der Waals surface area contributed by atoms with Crippen LogP contribution in [0.25, 0.3) is 9.40 Å². The number of aromatic nitrogens is 1.